The third-order valence-electron chi connectivity index (χ3n) is 3.36. The predicted molar refractivity (Wildman–Crippen MR) is 85.6 cm³/mol. The van der Waals surface area contributed by atoms with Crippen molar-refractivity contribution in [2.24, 2.45) is 0 Å². The van der Waals surface area contributed by atoms with Crippen molar-refractivity contribution >= 4 is 11.3 Å². The average Bonchev–Trinajstić information content (AvgIpc) is 2.96. The van der Waals surface area contributed by atoms with Crippen LogP contribution in [0.2, 0.25) is 0 Å². The smallest absolute Gasteiger partial charge is 0.119 e. The normalized spacial score (nSPS) is 12.3. The van der Waals surface area contributed by atoms with Crippen LogP contribution in [-0.4, -0.2) is 24.7 Å². The van der Waals surface area contributed by atoms with E-state index in [1.54, 1.807) is 18.4 Å². The topological polar surface area (TPSA) is 34.2 Å². The van der Waals surface area contributed by atoms with Gasteiger partial charge in [-0.3, -0.25) is 0 Å². The van der Waals surface area contributed by atoms with Crippen molar-refractivity contribution in [2.75, 3.05) is 13.7 Å². The van der Waals surface area contributed by atoms with Crippen molar-refractivity contribution in [1.82, 2.24) is 10.3 Å². The molecule has 2 rings (SSSR count). The Morgan fingerprint density at radius 3 is 3.00 bits per heavy atom. The molecule has 1 aromatic heterocycles. The molecular weight excluding hydrogens is 268 g/mol. The van der Waals surface area contributed by atoms with Crippen molar-refractivity contribution in [3.05, 3.63) is 34.7 Å². The molecular formula is C16H22N2OS. The molecule has 0 aliphatic rings. The molecule has 20 heavy (non-hydrogen) atoms. The number of thiazole rings is 1. The third kappa shape index (κ3) is 4.05. The first-order valence-corrected chi connectivity index (χ1v) is 7.93. The van der Waals surface area contributed by atoms with Crippen LogP contribution in [0.15, 0.2) is 29.6 Å². The van der Waals surface area contributed by atoms with Crippen LogP contribution in [0, 0.1) is 0 Å². The second-order valence-electron chi connectivity index (χ2n) is 4.87. The fourth-order valence-corrected chi connectivity index (χ4v) is 2.72. The molecule has 0 fully saturated rings. The summed E-state index contributed by atoms with van der Waals surface area (Å²) in [6.45, 7) is 5.39. The molecule has 0 amide bonds. The number of hydrogen-bond acceptors (Lipinski definition) is 4. The lowest BCUT2D eigenvalue weighted by atomic mass is 10.2. The highest BCUT2D eigenvalue weighted by Crippen LogP contribution is 2.25. The third-order valence-corrected chi connectivity index (χ3v) is 4.27. The van der Waals surface area contributed by atoms with E-state index in [0.717, 1.165) is 36.4 Å². The van der Waals surface area contributed by atoms with Crippen LogP contribution in [-0.2, 0) is 6.42 Å². The standard InChI is InChI=1S/C16H22N2OS/c1-4-12(2)17-9-8-16-18-15(11-20-16)13-6-5-7-14(10-13)19-3/h5-7,10-12,17H,4,8-9H2,1-3H3. The Morgan fingerprint density at radius 2 is 2.25 bits per heavy atom. The summed E-state index contributed by atoms with van der Waals surface area (Å²) in [5.74, 6) is 0.871. The number of rotatable bonds is 7. The van der Waals surface area contributed by atoms with Gasteiger partial charge in [0.25, 0.3) is 0 Å². The van der Waals surface area contributed by atoms with Crippen LogP contribution >= 0.6 is 11.3 Å². The molecule has 2 aromatic rings. The van der Waals surface area contributed by atoms with Crippen LogP contribution in [0.3, 0.4) is 0 Å². The number of nitrogens with one attached hydrogen (secondary N) is 1. The van der Waals surface area contributed by atoms with Gasteiger partial charge in [0.05, 0.1) is 17.8 Å². The highest BCUT2D eigenvalue weighted by atomic mass is 32.1. The van der Waals surface area contributed by atoms with Crippen LogP contribution in [0.4, 0.5) is 0 Å². The average molecular weight is 290 g/mol. The molecule has 1 aromatic carbocycles. The fraction of sp³-hybridized carbons (Fsp3) is 0.438. The van der Waals surface area contributed by atoms with Crippen LogP contribution < -0.4 is 10.1 Å². The first-order valence-electron chi connectivity index (χ1n) is 7.05. The lowest BCUT2D eigenvalue weighted by Gasteiger charge is -2.09. The highest BCUT2D eigenvalue weighted by Gasteiger charge is 2.06. The Hall–Kier alpha value is -1.39. The Bertz CT molecular complexity index is 539. The number of nitrogens with zero attached hydrogens (tertiary/aromatic N) is 1. The van der Waals surface area contributed by atoms with Gasteiger partial charge >= 0.3 is 0 Å². The molecule has 0 spiro atoms. The lowest BCUT2D eigenvalue weighted by Crippen LogP contribution is -2.27. The van der Waals surface area contributed by atoms with E-state index < -0.39 is 0 Å². The predicted octanol–water partition coefficient (Wildman–Crippen LogP) is 3.75. The molecule has 108 valence electrons. The molecule has 0 saturated heterocycles. The zero-order valence-corrected chi connectivity index (χ0v) is 13.2. The van der Waals surface area contributed by atoms with E-state index in [4.69, 9.17) is 9.72 Å². The minimum atomic E-state index is 0.577. The number of hydrogen-bond donors (Lipinski definition) is 1. The summed E-state index contributed by atoms with van der Waals surface area (Å²) in [4.78, 5) is 4.70. The van der Waals surface area contributed by atoms with E-state index in [-0.39, 0.29) is 0 Å². The van der Waals surface area contributed by atoms with E-state index in [1.165, 1.54) is 5.01 Å². The quantitative estimate of drug-likeness (QED) is 0.843. The van der Waals surface area contributed by atoms with Gasteiger partial charge in [0.2, 0.25) is 0 Å². The van der Waals surface area contributed by atoms with Gasteiger partial charge in [-0.2, -0.15) is 0 Å². The molecule has 3 nitrogen and oxygen atoms in total. The van der Waals surface area contributed by atoms with E-state index in [1.807, 2.05) is 18.2 Å². The second-order valence-corrected chi connectivity index (χ2v) is 5.81. The summed E-state index contributed by atoms with van der Waals surface area (Å²) in [5.41, 5.74) is 2.15. The van der Waals surface area contributed by atoms with Crippen molar-refractivity contribution in [2.45, 2.75) is 32.7 Å². The van der Waals surface area contributed by atoms with Crippen molar-refractivity contribution in [1.29, 1.82) is 0 Å². The fourth-order valence-electron chi connectivity index (χ4n) is 1.91. The number of aromatic nitrogens is 1. The van der Waals surface area contributed by atoms with E-state index in [9.17, 15) is 0 Å². The molecule has 1 unspecified atom stereocenters. The lowest BCUT2D eigenvalue weighted by molar-refractivity contribution is 0.415. The van der Waals surface area contributed by atoms with Crippen LogP contribution in [0.1, 0.15) is 25.3 Å². The summed E-state index contributed by atoms with van der Waals surface area (Å²) in [5, 5.41) is 6.79. The SMILES string of the molecule is CCC(C)NCCc1nc(-c2cccc(OC)c2)cs1. The molecule has 0 saturated carbocycles. The minimum Gasteiger partial charge on any atom is -0.497 e. The van der Waals surface area contributed by atoms with Gasteiger partial charge in [-0.05, 0) is 25.5 Å². The maximum atomic E-state index is 5.25. The van der Waals surface area contributed by atoms with Gasteiger partial charge in [0.1, 0.15) is 5.75 Å². The molecule has 0 bridgehead atoms. The van der Waals surface area contributed by atoms with Gasteiger partial charge in [-0.25, -0.2) is 4.98 Å². The number of benzene rings is 1. The Balaban J connectivity index is 1.97. The first-order chi connectivity index (χ1) is 9.72. The Kier molecular flexibility index (Phi) is 5.56. The summed E-state index contributed by atoms with van der Waals surface area (Å²) >= 11 is 1.73. The molecule has 1 N–H and O–H groups in total. The van der Waals surface area contributed by atoms with Crippen LogP contribution in [0.5, 0.6) is 5.75 Å². The Labute approximate surface area is 125 Å². The first kappa shape index (κ1) is 15.0. The maximum Gasteiger partial charge on any atom is 0.119 e. The zero-order valence-electron chi connectivity index (χ0n) is 12.3. The largest absolute Gasteiger partial charge is 0.497 e. The van der Waals surface area contributed by atoms with Gasteiger partial charge < -0.3 is 10.1 Å². The summed E-state index contributed by atoms with van der Waals surface area (Å²) in [7, 11) is 1.69. The van der Waals surface area contributed by atoms with E-state index in [0.29, 0.717) is 6.04 Å². The molecule has 0 aliphatic heterocycles. The molecule has 0 aliphatic carbocycles. The van der Waals surface area contributed by atoms with Crippen molar-refractivity contribution in [3.8, 4) is 17.0 Å². The number of methoxy groups -OCH3 is 1. The molecule has 1 atom stereocenters. The summed E-state index contributed by atoms with van der Waals surface area (Å²) in [6.07, 6.45) is 2.14. The molecule has 1 heterocycles. The van der Waals surface area contributed by atoms with Gasteiger partial charge in [0, 0.05) is 30.0 Å². The number of ether oxygens (including phenoxy) is 1. The summed E-state index contributed by atoms with van der Waals surface area (Å²) in [6, 6.07) is 8.62. The Morgan fingerprint density at radius 1 is 1.40 bits per heavy atom. The second kappa shape index (κ2) is 7.41. The minimum absolute atomic E-state index is 0.577. The zero-order chi connectivity index (χ0) is 14.4. The molecule has 4 heteroatoms. The van der Waals surface area contributed by atoms with E-state index >= 15 is 0 Å². The van der Waals surface area contributed by atoms with Crippen LogP contribution in [0.25, 0.3) is 11.3 Å². The van der Waals surface area contributed by atoms with E-state index in [2.05, 4.69) is 30.6 Å². The van der Waals surface area contributed by atoms with Gasteiger partial charge in [0.15, 0.2) is 0 Å². The highest BCUT2D eigenvalue weighted by molar-refractivity contribution is 7.09. The van der Waals surface area contributed by atoms with Gasteiger partial charge in [-0.15, -0.1) is 11.3 Å². The van der Waals surface area contributed by atoms with Crippen molar-refractivity contribution in [3.63, 3.8) is 0 Å². The van der Waals surface area contributed by atoms with Crippen molar-refractivity contribution < 1.29 is 4.74 Å². The summed E-state index contributed by atoms with van der Waals surface area (Å²) < 4.78 is 5.25. The molecule has 0 radical (unpaired) electrons. The van der Waals surface area contributed by atoms with Gasteiger partial charge in [-0.1, -0.05) is 19.1 Å². The maximum absolute atomic E-state index is 5.25. The monoisotopic (exact) mass is 290 g/mol.